The number of amides is 2. The van der Waals surface area contributed by atoms with Gasteiger partial charge in [0.15, 0.2) is 6.04 Å². The SMILES string of the molecule is O=C(Cc1cccs1)NC1C(=O)N2C(C(=O)OCc3ccccc3)C(CSC(=O)c3ccccc3)=CS[C@H]12. The third kappa shape index (κ3) is 5.87. The van der Waals surface area contributed by atoms with E-state index in [2.05, 4.69) is 5.32 Å². The Hall–Kier alpha value is -3.34. The summed E-state index contributed by atoms with van der Waals surface area (Å²) >= 11 is 3.92. The molecular weight excluding hydrogens is 541 g/mol. The molecule has 1 fully saturated rings. The van der Waals surface area contributed by atoms with Gasteiger partial charge in [0.25, 0.3) is 0 Å². The summed E-state index contributed by atoms with van der Waals surface area (Å²) in [6, 6.07) is 20.3. The molecular formula is C28H24N2O5S3. The number of β-lactam (4-membered cyclic amide) rings is 1. The Morgan fingerprint density at radius 1 is 0.974 bits per heavy atom. The summed E-state index contributed by atoms with van der Waals surface area (Å²) in [4.78, 5) is 54.2. The zero-order valence-corrected chi connectivity index (χ0v) is 22.6. The summed E-state index contributed by atoms with van der Waals surface area (Å²) < 4.78 is 5.61. The van der Waals surface area contributed by atoms with E-state index in [1.165, 1.54) is 28.0 Å². The van der Waals surface area contributed by atoms with Gasteiger partial charge in [0, 0.05) is 16.2 Å². The van der Waals surface area contributed by atoms with Crippen LogP contribution in [0.15, 0.2) is 89.2 Å². The molecule has 1 saturated heterocycles. The van der Waals surface area contributed by atoms with Gasteiger partial charge in [-0.25, -0.2) is 4.79 Å². The van der Waals surface area contributed by atoms with Gasteiger partial charge in [0.1, 0.15) is 18.0 Å². The second-order valence-corrected chi connectivity index (χ2v) is 11.7. The molecule has 10 heteroatoms. The Balaban J connectivity index is 1.29. The number of carbonyl (C=O) groups excluding carboxylic acids is 4. The predicted molar refractivity (Wildman–Crippen MR) is 150 cm³/mol. The molecule has 2 unspecified atom stereocenters. The van der Waals surface area contributed by atoms with Crippen molar-refractivity contribution >= 4 is 57.8 Å². The molecule has 5 rings (SSSR count). The number of rotatable bonds is 9. The van der Waals surface area contributed by atoms with Crippen molar-refractivity contribution in [2.24, 2.45) is 0 Å². The molecule has 0 bridgehead atoms. The normalized spacial score (nSPS) is 20.1. The molecule has 3 atom stereocenters. The summed E-state index contributed by atoms with van der Waals surface area (Å²) in [5.74, 6) is -0.908. The van der Waals surface area contributed by atoms with E-state index in [9.17, 15) is 19.2 Å². The standard InChI is InChI=1S/C28H24N2O5S3/c31-22(14-21-12-7-13-36-21)29-23-25(32)30-24(27(33)35-15-18-8-3-1-4-9-18)20(16-37-26(23)30)17-38-28(34)19-10-5-2-6-11-19/h1-13,16,23-24,26H,14-15,17H2,(H,29,31)/t23?,24?,26-/m1/s1. The molecule has 3 heterocycles. The number of hydrogen-bond acceptors (Lipinski definition) is 8. The van der Waals surface area contributed by atoms with Crippen molar-refractivity contribution in [2.75, 3.05) is 5.75 Å². The van der Waals surface area contributed by atoms with Crippen molar-refractivity contribution in [3.63, 3.8) is 0 Å². The predicted octanol–water partition coefficient (Wildman–Crippen LogP) is 4.26. The van der Waals surface area contributed by atoms with Gasteiger partial charge >= 0.3 is 5.97 Å². The summed E-state index contributed by atoms with van der Waals surface area (Å²) in [6.07, 6.45) is 0.195. The van der Waals surface area contributed by atoms with Crippen molar-refractivity contribution in [2.45, 2.75) is 30.5 Å². The lowest BCUT2D eigenvalue weighted by atomic mass is 9.98. The Kier molecular flexibility index (Phi) is 8.31. The van der Waals surface area contributed by atoms with Crippen molar-refractivity contribution < 1.29 is 23.9 Å². The highest BCUT2D eigenvalue weighted by molar-refractivity contribution is 8.14. The van der Waals surface area contributed by atoms with E-state index >= 15 is 0 Å². The van der Waals surface area contributed by atoms with E-state index in [4.69, 9.17) is 4.74 Å². The summed E-state index contributed by atoms with van der Waals surface area (Å²) in [7, 11) is 0. The van der Waals surface area contributed by atoms with Crippen molar-refractivity contribution in [3.05, 3.63) is 105 Å². The van der Waals surface area contributed by atoms with Gasteiger partial charge in [0.2, 0.25) is 16.9 Å². The number of carbonyl (C=O) groups is 4. The van der Waals surface area contributed by atoms with E-state index in [0.717, 1.165) is 22.2 Å². The highest BCUT2D eigenvalue weighted by Crippen LogP contribution is 2.41. The quantitative estimate of drug-likeness (QED) is 0.307. The number of ether oxygens (including phenoxy) is 1. The smallest absolute Gasteiger partial charge is 0.333 e. The topological polar surface area (TPSA) is 92.8 Å². The molecule has 1 N–H and O–H groups in total. The Labute approximate surface area is 232 Å². The lowest BCUT2D eigenvalue weighted by molar-refractivity contribution is -0.163. The minimum Gasteiger partial charge on any atom is -0.459 e. The van der Waals surface area contributed by atoms with E-state index < -0.39 is 23.4 Å². The number of esters is 1. The fourth-order valence-corrected chi connectivity index (χ4v) is 7.10. The molecule has 0 radical (unpaired) electrons. The Bertz CT molecular complexity index is 1350. The number of nitrogens with zero attached hydrogens (tertiary/aromatic N) is 1. The lowest BCUT2D eigenvalue weighted by Gasteiger charge is -2.51. The van der Waals surface area contributed by atoms with Crippen molar-refractivity contribution in [3.8, 4) is 0 Å². The molecule has 3 aromatic rings. The van der Waals surface area contributed by atoms with Crippen LogP contribution in [0.4, 0.5) is 0 Å². The van der Waals surface area contributed by atoms with Crippen LogP contribution in [0.3, 0.4) is 0 Å². The van der Waals surface area contributed by atoms with Gasteiger partial charge in [-0.1, -0.05) is 78.5 Å². The van der Waals surface area contributed by atoms with Gasteiger partial charge in [-0.05, 0) is 28.0 Å². The van der Waals surface area contributed by atoms with Crippen LogP contribution in [0.5, 0.6) is 0 Å². The number of nitrogens with one attached hydrogen (secondary N) is 1. The van der Waals surface area contributed by atoms with Crippen LogP contribution >= 0.6 is 34.9 Å². The number of thioether (sulfide) groups is 2. The fourth-order valence-electron chi connectivity index (χ4n) is 4.23. The Morgan fingerprint density at radius 2 is 1.71 bits per heavy atom. The third-order valence-corrected chi connectivity index (χ3v) is 9.19. The first kappa shape index (κ1) is 26.3. The van der Waals surface area contributed by atoms with E-state index in [-0.39, 0.29) is 35.7 Å². The third-order valence-electron chi connectivity index (χ3n) is 6.13. The molecule has 0 saturated carbocycles. The minimum atomic E-state index is -0.959. The molecule has 2 amide bonds. The molecule has 7 nitrogen and oxygen atoms in total. The van der Waals surface area contributed by atoms with Crippen LogP contribution in [0.25, 0.3) is 0 Å². The zero-order chi connectivity index (χ0) is 26.5. The molecule has 2 aliphatic heterocycles. The number of fused-ring (bicyclic) bond motifs is 1. The monoisotopic (exact) mass is 564 g/mol. The van der Waals surface area contributed by atoms with Gasteiger partial charge < -0.3 is 15.0 Å². The van der Waals surface area contributed by atoms with Crippen LogP contribution < -0.4 is 5.32 Å². The van der Waals surface area contributed by atoms with Crippen LogP contribution in [0, 0.1) is 0 Å². The first-order valence-corrected chi connectivity index (χ1v) is 14.7. The molecule has 38 heavy (non-hydrogen) atoms. The second kappa shape index (κ2) is 12.0. The van der Waals surface area contributed by atoms with Crippen LogP contribution in [0.1, 0.15) is 20.8 Å². The highest BCUT2D eigenvalue weighted by Gasteiger charge is 2.56. The molecule has 2 aliphatic rings. The zero-order valence-electron chi connectivity index (χ0n) is 20.1. The van der Waals surface area contributed by atoms with Gasteiger partial charge in [0.05, 0.1) is 6.42 Å². The maximum Gasteiger partial charge on any atom is 0.333 e. The van der Waals surface area contributed by atoms with Crippen LogP contribution in [-0.4, -0.2) is 51.0 Å². The molecule has 1 aromatic heterocycles. The molecule has 0 aliphatic carbocycles. The first-order valence-electron chi connectivity index (χ1n) is 11.9. The summed E-state index contributed by atoms with van der Waals surface area (Å²) in [5, 5.41) is 6.00. The number of thiophene rings is 1. The number of benzene rings is 2. The van der Waals surface area contributed by atoms with Crippen molar-refractivity contribution in [1.29, 1.82) is 0 Å². The van der Waals surface area contributed by atoms with Crippen LogP contribution in [0.2, 0.25) is 0 Å². The first-order chi connectivity index (χ1) is 18.5. The van der Waals surface area contributed by atoms with Gasteiger partial charge in [-0.15, -0.1) is 23.1 Å². The maximum absolute atomic E-state index is 13.3. The molecule has 0 spiro atoms. The number of hydrogen-bond donors (Lipinski definition) is 1. The van der Waals surface area contributed by atoms with Gasteiger partial charge in [-0.3, -0.25) is 14.4 Å². The lowest BCUT2D eigenvalue weighted by Crippen LogP contribution is -2.74. The molecule has 2 aromatic carbocycles. The average Bonchev–Trinajstić information content (AvgIpc) is 3.46. The van der Waals surface area contributed by atoms with Crippen LogP contribution in [-0.2, 0) is 32.1 Å². The van der Waals surface area contributed by atoms with E-state index in [1.807, 2.05) is 59.3 Å². The highest BCUT2D eigenvalue weighted by atomic mass is 32.2. The second-order valence-electron chi connectivity index (χ2n) is 8.70. The fraction of sp³-hybridized carbons (Fsp3) is 0.214. The average molecular weight is 565 g/mol. The summed E-state index contributed by atoms with van der Waals surface area (Å²) in [5.41, 5.74) is 2.02. The molecule has 194 valence electrons. The van der Waals surface area contributed by atoms with E-state index in [0.29, 0.717) is 11.1 Å². The van der Waals surface area contributed by atoms with Gasteiger partial charge in [-0.2, -0.15) is 0 Å². The van der Waals surface area contributed by atoms with E-state index in [1.54, 1.807) is 24.3 Å². The Morgan fingerprint density at radius 3 is 2.42 bits per heavy atom. The summed E-state index contributed by atoms with van der Waals surface area (Å²) in [6.45, 7) is 0.0698. The van der Waals surface area contributed by atoms with Crippen molar-refractivity contribution in [1.82, 2.24) is 10.2 Å². The largest absolute Gasteiger partial charge is 0.459 e. The minimum absolute atomic E-state index is 0.0698. The maximum atomic E-state index is 13.3.